The summed E-state index contributed by atoms with van der Waals surface area (Å²) in [5.41, 5.74) is 6.31. The van der Waals surface area contributed by atoms with E-state index in [0.717, 1.165) is 17.8 Å². The maximum atomic E-state index is 12.4. The molecule has 1 aromatic rings. The molecule has 1 aliphatic rings. The highest BCUT2D eigenvalue weighted by Crippen LogP contribution is 2.29. The number of hydrogen-bond acceptors (Lipinski definition) is 5. The molecule has 1 unspecified atom stereocenters. The van der Waals surface area contributed by atoms with Crippen LogP contribution >= 0.6 is 11.3 Å². The predicted octanol–water partition coefficient (Wildman–Crippen LogP) is 1.56. The van der Waals surface area contributed by atoms with Gasteiger partial charge in [-0.05, 0) is 32.6 Å². The van der Waals surface area contributed by atoms with Crippen LogP contribution in [0.15, 0.2) is 4.21 Å². The first-order chi connectivity index (χ1) is 8.94. The van der Waals surface area contributed by atoms with Crippen LogP contribution in [0.4, 0.5) is 0 Å². The van der Waals surface area contributed by atoms with Gasteiger partial charge in [-0.1, -0.05) is 12.8 Å². The summed E-state index contributed by atoms with van der Waals surface area (Å²) < 4.78 is 27.9. The number of aryl methyl sites for hydroxylation is 2. The number of thiazole rings is 1. The summed E-state index contributed by atoms with van der Waals surface area (Å²) in [5.74, 6) is 0.370. The fourth-order valence-electron chi connectivity index (χ4n) is 2.71. The van der Waals surface area contributed by atoms with E-state index >= 15 is 0 Å². The van der Waals surface area contributed by atoms with Gasteiger partial charge in [0.15, 0.2) is 4.21 Å². The van der Waals surface area contributed by atoms with Crippen molar-refractivity contribution in [3.05, 3.63) is 10.7 Å². The van der Waals surface area contributed by atoms with Crippen LogP contribution in [-0.4, -0.2) is 26.0 Å². The smallest absolute Gasteiger partial charge is 0.252 e. The Morgan fingerprint density at radius 1 is 1.42 bits per heavy atom. The zero-order valence-corrected chi connectivity index (χ0v) is 13.0. The van der Waals surface area contributed by atoms with E-state index in [4.69, 9.17) is 5.73 Å². The minimum atomic E-state index is -3.49. The van der Waals surface area contributed by atoms with Crippen LogP contribution in [0, 0.1) is 19.8 Å². The van der Waals surface area contributed by atoms with Crippen LogP contribution in [0.1, 0.15) is 36.4 Å². The molecule has 1 fully saturated rings. The van der Waals surface area contributed by atoms with Crippen molar-refractivity contribution < 1.29 is 8.42 Å². The molecule has 19 heavy (non-hydrogen) atoms. The van der Waals surface area contributed by atoms with Crippen molar-refractivity contribution in [1.82, 2.24) is 9.71 Å². The first kappa shape index (κ1) is 14.9. The Hall–Kier alpha value is -0.500. The Labute approximate surface area is 118 Å². The number of hydrogen-bond donors (Lipinski definition) is 2. The van der Waals surface area contributed by atoms with Crippen LogP contribution in [0.2, 0.25) is 0 Å². The third-order valence-electron chi connectivity index (χ3n) is 3.63. The highest BCUT2D eigenvalue weighted by Gasteiger charge is 2.30. The minimum Gasteiger partial charge on any atom is -0.329 e. The molecule has 0 saturated heterocycles. The Morgan fingerprint density at radius 2 is 2.05 bits per heavy atom. The van der Waals surface area contributed by atoms with Crippen molar-refractivity contribution in [2.24, 2.45) is 11.7 Å². The van der Waals surface area contributed by atoms with Gasteiger partial charge in [-0.15, -0.1) is 11.3 Å². The average Bonchev–Trinajstić information content (AvgIpc) is 2.96. The molecule has 1 aromatic heterocycles. The van der Waals surface area contributed by atoms with Gasteiger partial charge in [0.2, 0.25) is 0 Å². The molecule has 1 aliphatic carbocycles. The zero-order valence-electron chi connectivity index (χ0n) is 11.3. The summed E-state index contributed by atoms with van der Waals surface area (Å²) >= 11 is 1.21. The van der Waals surface area contributed by atoms with E-state index in [1.165, 1.54) is 24.2 Å². The van der Waals surface area contributed by atoms with E-state index in [1.54, 1.807) is 6.92 Å². The molecule has 5 nitrogen and oxygen atoms in total. The summed E-state index contributed by atoms with van der Waals surface area (Å²) in [6, 6.07) is -0.158. The van der Waals surface area contributed by atoms with Crippen molar-refractivity contribution in [2.45, 2.75) is 49.8 Å². The fraction of sp³-hybridized carbons (Fsp3) is 0.750. The molecule has 1 saturated carbocycles. The largest absolute Gasteiger partial charge is 0.329 e. The molecule has 7 heteroatoms. The molecule has 1 heterocycles. The third-order valence-corrected chi connectivity index (χ3v) is 6.81. The van der Waals surface area contributed by atoms with Gasteiger partial charge in [0, 0.05) is 12.6 Å². The fourth-order valence-corrected chi connectivity index (χ4v) is 5.53. The molecule has 0 aromatic carbocycles. The number of rotatable bonds is 5. The molecule has 2 rings (SSSR count). The molecule has 1 atom stereocenters. The topological polar surface area (TPSA) is 85.1 Å². The van der Waals surface area contributed by atoms with Crippen LogP contribution in [-0.2, 0) is 10.0 Å². The maximum Gasteiger partial charge on any atom is 0.252 e. The molecule has 3 N–H and O–H groups in total. The molecule has 108 valence electrons. The second-order valence-corrected chi connectivity index (χ2v) is 8.23. The summed E-state index contributed by atoms with van der Waals surface area (Å²) in [6.45, 7) is 3.89. The van der Waals surface area contributed by atoms with Gasteiger partial charge in [-0.25, -0.2) is 18.1 Å². The van der Waals surface area contributed by atoms with E-state index in [9.17, 15) is 8.42 Å². The lowest BCUT2D eigenvalue weighted by Gasteiger charge is -2.22. The SMILES string of the molecule is Cc1nc(C)c(S(=O)(=O)NC(CN)C2CCCC2)s1. The summed E-state index contributed by atoms with van der Waals surface area (Å²) in [4.78, 5) is 4.18. The normalized spacial score (nSPS) is 18.9. The van der Waals surface area contributed by atoms with Gasteiger partial charge >= 0.3 is 0 Å². The molecule has 0 bridgehead atoms. The van der Waals surface area contributed by atoms with Crippen LogP contribution in [0.25, 0.3) is 0 Å². The second-order valence-electron chi connectivity index (χ2n) is 5.11. The lowest BCUT2D eigenvalue weighted by molar-refractivity contribution is 0.406. The standard InChI is InChI=1S/C12H21N3O2S2/c1-8-12(18-9(2)14-8)19(16,17)15-11(7-13)10-5-3-4-6-10/h10-11,15H,3-7,13H2,1-2H3. The highest BCUT2D eigenvalue weighted by molar-refractivity contribution is 7.91. The quantitative estimate of drug-likeness (QED) is 0.864. The van der Waals surface area contributed by atoms with Crippen molar-refractivity contribution in [3.63, 3.8) is 0 Å². The van der Waals surface area contributed by atoms with Gasteiger partial charge in [0.25, 0.3) is 10.0 Å². The maximum absolute atomic E-state index is 12.4. The van der Waals surface area contributed by atoms with E-state index in [-0.39, 0.29) is 6.04 Å². The molecule has 0 aliphatic heterocycles. The van der Waals surface area contributed by atoms with E-state index < -0.39 is 10.0 Å². The van der Waals surface area contributed by atoms with Gasteiger partial charge in [-0.3, -0.25) is 0 Å². The lowest BCUT2D eigenvalue weighted by Crippen LogP contribution is -2.44. The monoisotopic (exact) mass is 303 g/mol. The van der Waals surface area contributed by atoms with Crippen LogP contribution in [0.5, 0.6) is 0 Å². The number of aromatic nitrogens is 1. The minimum absolute atomic E-state index is 0.158. The van der Waals surface area contributed by atoms with Crippen molar-refractivity contribution >= 4 is 21.4 Å². The van der Waals surface area contributed by atoms with Crippen LogP contribution in [0.3, 0.4) is 0 Å². The van der Waals surface area contributed by atoms with E-state index in [1.807, 2.05) is 6.92 Å². The summed E-state index contributed by atoms with van der Waals surface area (Å²) in [5, 5.41) is 0.767. The second kappa shape index (κ2) is 5.87. The van der Waals surface area contributed by atoms with Crippen LogP contribution < -0.4 is 10.5 Å². The van der Waals surface area contributed by atoms with Crippen molar-refractivity contribution in [3.8, 4) is 0 Å². The first-order valence-electron chi connectivity index (χ1n) is 6.60. The predicted molar refractivity (Wildman–Crippen MR) is 76.7 cm³/mol. The number of nitrogens with one attached hydrogen (secondary N) is 1. The summed E-state index contributed by atoms with van der Waals surface area (Å²) in [6.07, 6.45) is 4.46. The van der Waals surface area contributed by atoms with Gasteiger partial charge < -0.3 is 5.73 Å². The van der Waals surface area contributed by atoms with Gasteiger partial charge in [0.1, 0.15) is 0 Å². The van der Waals surface area contributed by atoms with E-state index in [2.05, 4.69) is 9.71 Å². The molecule has 0 radical (unpaired) electrons. The Balaban J connectivity index is 2.17. The zero-order chi connectivity index (χ0) is 14.0. The summed E-state index contributed by atoms with van der Waals surface area (Å²) in [7, 11) is -3.49. The number of sulfonamides is 1. The molecular formula is C12H21N3O2S2. The van der Waals surface area contributed by atoms with Gasteiger partial charge in [-0.2, -0.15) is 0 Å². The van der Waals surface area contributed by atoms with Crippen molar-refractivity contribution in [1.29, 1.82) is 0 Å². The highest BCUT2D eigenvalue weighted by atomic mass is 32.2. The van der Waals surface area contributed by atoms with Crippen molar-refractivity contribution in [2.75, 3.05) is 6.54 Å². The Bertz CT molecular complexity index is 533. The number of nitrogens with two attached hydrogens (primary N) is 1. The molecule has 0 amide bonds. The average molecular weight is 303 g/mol. The first-order valence-corrected chi connectivity index (χ1v) is 8.90. The molecular weight excluding hydrogens is 282 g/mol. The third kappa shape index (κ3) is 3.34. The number of nitrogens with zero attached hydrogens (tertiary/aromatic N) is 1. The molecule has 0 spiro atoms. The lowest BCUT2D eigenvalue weighted by atomic mass is 9.99. The van der Waals surface area contributed by atoms with E-state index in [0.29, 0.717) is 22.4 Å². The van der Waals surface area contributed by atoms with Gasteiger partial charge in [0.05, 0.1) is 10.7 Å². The Kier molecular flexibility index (Phi) is 4.60. The Morgan fingerprint density at radius 3 is 2.53 bits per heavy atom.